The Bertz CT molecular complexity index is 467. The normalized spacial score (nSPS) is 20.1. The highest BCUT2D eigenvalue weighted by molar-refractivity contribution is 14.1. The first kappa shape index (κ1) is 14.5. The largest absolute Gasteiger partial charge is 0.394 e. The minimum Gasteiger partial charge on any atom is -0.394 e. The van der Waals surface area contributed by atoms with Crippen molar-refractivity contribution < 1.29 is 10.0 Å². The summed E-state index contributed by atoms with van der Waals surface area (Å²) < 4.78 is 0.850. The van der Waals surface area contributed by atoms with Crippen molar-refractivity contribution in [1.82, 2.24) is 0 Å². The van der Waals surface area contributed by atoms with Crippen LogP contribution in [-0.2, 0) is 0 Å². The molecule has 1 fully saturated rings. The standard InChI is InChI=1S/C13H17IN2O3/c14-10-5-6-12(13(8-10)16(18)19)15-7-3-1-2-4-11(15)9-17/h5-6,8,11,17H,1-4,7,9H2. The lowest BCUT2D eigenvalue weighted by molar-refractivity contribution is -0.384. The van der Waals surface area contributed by atoms with E-state index in [0.29, 0.717) is 5.69 Å². The minimum atomic E-state index is -0.336. The topological polar surface area (TPSA) is 66.6 Å². The lowest BCUT2D eigenvalue weighted by atomic mass is 10.1. The van der Waals surface area contributed by atoms with E-state index in [2.05, 4.69) is 22.6 Å². The van der Waals surface area contributed by atoms with E-state index in [9.17, 15) is 15.2 Å². The molecular formula is C13H17IN2O3. The number of halogens is 1. The van der Waals surface area contributed by atoms with Crippen molar-refractivity contribution in [3.05, 3.63) is 31.9 Å². The van der Waals surface area contributed by atoms with Gasteiger partial charge in [0.05, 0.1) is 17.6 Å². The average Bonchev–Trinajstić information content (AvgIpc) is 2.63. The van der Waals surface area contributed by atoms with Gasteiger partial charge in [-0.15, -0.1) is 0 Å². The molecular weight excluding hydrogens is 359 g/mol. The number of nitrogens with zero attached hydrogens (tertiary/aromatic N) is 2. The fraction of sp³-hybridized carbons (Fsp3) is 0.538. The van der Waals surface area contributed by atoms with Gasteiger partial charge in [-0.05, 0) is 47.6 Å². The number of hydrogen-bond acceptors (Lipinski definition) is 4. The summed E-state index contributed by atoms with van der Waals surface area (Å²) in [6.45, 7) is 0.815. The summed E-state index contributed by atoms with van der Waals surface area (Å²) in [6.07, 6.45) is 4.09. The smallest absolute Gasteiger partial charge is 0.293 e. The van der Waals surface area contributed by atoms with Crippen LogP contribution in [0.1, 0.15) is 25.7 Å². The van der Waals surface area contributed by atoms with E-state index in [1.54, 1.807) is 12.1 Å². The molecule has 0 saturated carbocycles. The second kappa shape index (κ2) is 6.51. The third-order valence-corrected chi connectivity index (χ3v) is 4.20. The molecule has 1 N–H and O–H groups in total. The maximum Gasteiger partial charge on any atom is 0.293 e. The van der Waals surface area contributed by atoms with Crippen molar-refractivity contribution in [2.75, 3.05) is 18.1 Å². The molecule has 1 unspecified atom stereocenters. The van der Waals surface area contributed by atoms with Gasteiger partial charge in [-0.3, -0.25) is 10.1 Å². The quantitative estimate of drug-likeness (QED) is 0.501. The van der Waals surface area contributed by atoms with Gasteiger partial charge in [0.15, 0.2) is 0 Å². The summed E-state index contributed by atoms with van der Waals surface area (Å²) in [5, 5.41) is 20.7. The maximum absolute atomic E-state index is 11.2. The molecule has 1 heterocycles. The highest BCUT2D eigenvalue weighted by Crippen LogP contribution is 2.33. The van der Waals surface area contributed by atoms with Crippen LogP contribution in [0.2, 0.25) is 0 Å². The molecule has 0 aromatic heterocycles. The number of benzene rings is 1. The van der Waals surface area contributed by atoms with Crippen LogP contribution < -0.4 is 4.90 Å². The Morgan fingerprint density at radius 2 is 2.21 bits per heavy atom. The van der Waals surface area contributed by atoms with Gasteiger partial charge in [0.1, 0.15) is 5.69 Å². The molecule has 5 nitrogen and oxygen atoms in total. The Morgan fingerprint density at radius 3 is 2.89 bits per heavy atom. The molecule has 1 atom stereocenters. The molecule has 19 heavy (non-hydrogen) atoms. The Labute approximate surface area is 125 Å². The maximum atomic E-state index is 11.2. The van der Waals surface area contributed by atoms with Crippen molar-refractivity contribution >= 4 is 34.0 Å². The monoisotopic (exact) mass is 376 g/mol. The number of rotatable bonds is 3. The van der Waals surface area contributed by atoms with Crippen LogP contribution in [0, 0.1) is 13.7 Å². The van der Waals surface area contributed by atoms with Gasteiger partial charge < -0.3 is 10.0 Å². The summed E-state index contributed by atoms with van der Waals surface area (Å²) >= 11 is 2.08. The number of anilines is 1. The first-order chi connectivity index (χ1) is 9.13. The van der Waals surface area contributed by atoms with Crippen molar-refractivity contribution in [3.8, 4) is 0 Å². The third kappa shape index (κ3) is 3.36. The molecule has 1 aromatic rings. The molecule has 6 heteroatoms. The molecule has 1 aliphatic heterocycles. The first-order valence-electron chi connectivity index (χ1n) is 6.45. The van der Waals surface area contributed by atoms with Crippen LogP contribution in [0.15, 0.2) is 18.2 Å². The molecule has 104 valence electrons. The predicted molar refractivity (Wildman–Crippen MR) is 82.5 cm³/mol. The Kier molecular flexibility index (Phi) is 4.98. The van der Waals surface area contributed by atoms with Gasteiger partial charge >= 0.3 is 0 Å². The molecule has 0 spiro atoms. The van der Waals surface area contributed by atoms with Crippen molar-refractivity contribution in [1.29, 1.82) is 0 Å². The lowest BCUT2D eigenvalue weighted by Gasteiger charge is -2.30. The second-order valence-corrected chi connectivity index (χ2v) is 6.01. The van der Waals surface area contributed by atoms with Crippen molar-refractivity contribution in [2.24, 2.45) is 0 Å². The van der Waals surface area contributed by atoms with Crippen LogP contribution in [0.3, 0.4) is 0 Å². The molecule has 0 aliphatic carbocycles. The number of aliphatic hydroxyl groups excluding tert-OH is 1. The fourth-order valence-electron chi connectivity index (χ4n) is 2.57. The number of hydrogen-bond donors (Lipinski definition) is 1. The van der Waals surface area contributed by atoms with Gasteiger partial charge in [-0.1, -0.05) is 12.8 Å². The molecule has 0 bridgehead atoms. The van der Waals surface area contributed by atoms with E-state index in [0.717, 1.165) is 35.8 Å². The van der Waals surface area contributed by atoms with Crippen molar-refractivity contribution in [3.63, 3.8) is 0 Å². The Hall–Kier alpha value is -0.890. The van der Waals surface area contributed by atoms with E-state index in [-0.39, 0.29) is 23.3 Å². The molecule has 2 rings (SSSR count). The summed E-state index contributed by atoms with van der Waals surface area (Å²) in [6, 6.07) is 5.26. The first-order valence-corrected chi connectivity index (χ1v) is 7.53. The van der Waals surface area contributed by atoms with Crippen molar-refractivity contribution in [2.45, 2.75) is 31.7 Å². The third-order valence-electron chi connectivity index (χ3n) is 3.53. The number of nitro benzene ring substituents is 1. The summed E-state index contributed by atoms with van der Waals surface area (Å²) in [5.41, 5.74) is 0.763. The van der Waals surface area contributed by atoms with Gasteiger partial charge in [0.25, 0.3) is 5.69 Å². The predicted octanol–water partition coefficient (Wildman–Crippen LogP) is 2.94. The molecule has 1 aromatic carbocycles. The zero-order valence-corrected chi connectivity index (χ0v) is 12.7. The Balaban J connectivity index is 2.40. The van der Waals surface area contributed by atoms with E-state index in [1.807, 2.05) is 11.0 Å². The lowest BCUT2D eigenvalue weighted by Crippen LogP contribution is -2.37. The molecule has 0 amide bonds. The summed E-state index contributed by atoms with van der Waals surface area (Å²) in [4.78, 5) is 12.9. The fourth-order valence-corrected chi connectivity index (χ4v) is 3.04. The van der Waals surface area contributed by atoms with Crippen LogP contribution in [0.25, 0.3) is 0 Å². The Morgan fingerprint density at radius 1 is 1.42 bits per heavy atom. The van der Waals surface area contributed by atoms with E-state index in [4.69, 9.17) is 0 Å². The van der Waals surface area contributed by atoms with Gasteiger partial charge in [-0.2, -0.15) is 0 Å². The van der Waals surface area contributed by atoms with Gasteiger partial charge in [0, 0.05) is 16.2 Å². The zero-order valence-electron chi connectivity index (χ0n) is 10.6. The second-order valence-electron chi connectivity index (χ2n) is 4.77. The minimum absolute atomic E-state index is 0.0127. The highest BCUT2D eigenvalue weighted by Gasteiger charge is 2.26. The van der Waals surface area contributed by atoms with E-state index < -0.39 is 0 Å². The van der Waals surface area contributed by atoms with Crippen LogP contribution in [0.4, 0.5) is 11.4 Å². The average molecular weight is 376 g/mol. The number of aliphatic hydroxyl groups is 1. The van der Waals surface area contributed by atoms with Gasteiger partial charge in [-0.25, -0.2) is 0 Å². The van der Waals surface area contributed by atoms with E-state index >= 15 is 0 Å². The molecule has 0 radical (unpaired) electrons. The molecule has 1 aliphatic rings. The summed E-state index contributed by atoms with van der Waals surface area (Å²) in [5.74, 6) is 0. The zero-order chi connectivity index (χ0) is 13.8. The van der Waals surface area contributed by atoms with Crippen LogP contribution >= 0.6 is 22.6 Å². The van der Waals surface area contributed by atoms with Crippen LogP contribution in [0.5, 0.6) is 0 Å². The van der Waals surface area contributed by atoms with Gasteiger partial charge in [0.2, 0.25) is 0 Å². The van der Waals surface area contributed by atoms with Crippen LogP contribution in [-0.4, -0.2) is 29.2 Å². The molecule has 1 saturated heterocycles. The SMILES string of the molecule is O=[N+]([O-])c1cc(I)ccc1N1CCCCCC1CO. The summed E-state index contributed by atoms with van der Waals surface area (Å²) in [7, 11) is 0. The highest BCUT2D eigenvalue weighted by atomic mass is 127. The number of nitro groups is 1. The van der Waals surface area contributed by atoms with E-state index in [1.165, 1.54) is 0 Å².